The number of aryl methyl sites for hydroxylation is 1. The minimum Gasteiger partial charge on any atom is -0.315 e. The first kappa shape index (κ1) is 10.4. The van der Waals surface area contributed by atoms with Gasteiger partial charge >= 0.3 is 0 Å². The maximum Gasteiger partial charge on any atom is 0.259 e. The van der Waals surface area contributed by atoms with Gasteiger partial charge in [-0.05, 0) is 39.9 Å². The van der Waals surface area contributed by atoms with Crippen LogP contribution in [-0.2, 0) is 6.54 Å². The summed E-state index contributed by atoms with van der Waals surface area (Å²) >= 11 is 3.42. The molecular formula is C12H12BrNO. The molecule has 0 bridgehead atoms. The Morgan fingerprint density at radius 3 is 2.87 bits per heavy atom. The average molecular weight is 266 g/mol. The summed E-state index contributed by atoms with van der Waals surface area (Å²) in [6, 6.07) is 7.78. The number of aromatic nitrogens is 1. The highest BCUT2D eigenvalue weighted by Crippen LogP contribution is 2.19. The van der Waals surface area contributed by atoms with Crippen molar-refractivity contribution >= 4 is 26.7 Å². The van der Waals surface area contributed by atoms with Crippen molar-refractivity contribution in [2.24, 2.45) is 0 Å². The third kappa shape index (κ3) is 1.84. The highest BCUT2D eigenvalue weighted by molar-refractivity contribution is 9.10. The first-order valence-electron chi connectivity index (χ1n) is 5.01. The second kappa shape index (κ2) is 4.19. The predicted octanol–water partition coefficient (Wildman–Crippen LogP) is 3.17. The zero-order valence-corrected chi connectivity index (χ0v) is 10.1. The van der Waals surface area contributed by atoms with E-state index in [0.717, 1.165) is 28.2 Å². The molecule has 2 nitrogen and oxygen atoms in total. The molecule has 2 rings (SSSR count). The van der Waals surface area contributed by atoms with Crippen LogP contribution in [0.4, 0.5) is 0 Å². The van der Waals surface area contributed by atoms with Crippen molar-refractivity contribution in [1.82, 2.24) is 4.57 Å². The number of hydrogen-bond donors (Lipinski definition) is 0. The summed E-state index contributed by atoms with van der Waals surface area (Å²) in [5, 5.41) is 1.76. The number of nitrogens with zero attached hydrogens (tertiary/aromatic N) is 1. The number of fused-ring (bicyclic) bond motifs is 1. The molecule has 0 aliphatic carbocycles. The van der Waals surface area contributed by atoms with Crippen LogP contribution in [0.2, 0.25) is 0 Å². The number of hydrogen-bond acceptors (Lipinski definition) is 1. The van der Waals surface area contributed by atoms with E-state index in [1.165, 1.54) is 0 Å². The average Bonchev–Trinajstić information content (AvgIpc) is 2.22. The maximum absolute atomic E-state index is 12.1. The smallest absolute Gasteiger partial charge is 0.259 e. The van der Waals surface area contributed by atoms with E-state index in [9.17, 15) is 4.79 Å². The Morgan fingerprint density at radius 2 is 2.13 bits per heavy atom. The van der Waals surface area contributed by atoms with Crippen LogP contribution in [0.15, 0.2) is 39.7 Å². The van der Waals surface area contributed by atoms with Crippen molar-refractivity contribution in [3.63, 3.8) is 0 Å². The molecule has 2 aromatic rings. The van der Waals surface area contributed by atoms with Crippen LogP contribution in [0.3, 0.4) is 0 Å². The Hall–Kier alpha value is -1.09. The Balaban J connectivity index is 2.77. The monoisotopic (exact) mass is 265 g/mol. The minimum absolute atomic E-state index is 0.0850. The summed E-state index contributed by atoms with van der Waals surface area (Å²) < 4.78 is 2.63. The highest BCUT2D eigenvalue weighted by atomic mass is 79.9. The zero-order valence-electron chi connectivity index (χ0n) is 8.53. The van der Waals surface area contributed by atoms with Gasteiger partial charge in [0.05, 0.1) is 5.39 Å². The molecule has 1 aromatic heterocycles. The van der Waals surface area contributed by atoms with Gasteiger partial charge in [-0.2, -0.15) is 0 Å². The molecule has 0 amide bonds. The van der Waals surface area contributed by atoms with Crippen molar-refractivity contribution in [2.45, 2.75) is 19.9 Å². The van der Waals surface area contributed by atoms with Crippen molar-refractivity contribution in [1.29, 1.82) is 0 Å². The van der Waals surface area contributed by atoms with Gasteiger partial charge in [-0.15, -0.1) is 0 Å². The van der Waals surface area contributed by atoms with Gasteiger partial charge in [0.2, 0.25) is 0 Å². The summed E-state index contributed by atoms with van der Waals surface area (Å²) in [6.07, 6.45) is 2.83. The van der Waals surface area contributed by atoms with E-state index in [1.54, 1.807) is 4.57 Å². The molecule has 0 saturated heterocycles. The van der Waals surface area contributed by atoms with Crippen LogP contribution < -0.4 is 5.56 Å². The molecule has 0 N–H and O–H groups in total. The number of halogens is 1. The molecule has 0 saturated carbocycles. The fourth-order valence-corrected chi connectivity index (χ4v) is 2.26. The molecule has 1 aromatic carbocycles. The van der Waals surface area contributed by atoms with Gasteiger partial charge in [-0.25, -0.2) is 0 Å². The Labute approximate surface area is 96.7 Å². The van der Waals surface area contributed by atoms with Crippen molar-refractivity contribution in [3.05, 3.63) is 45.3 Å². The van der Waals surface area contributed by atoms with E-state index in [1.807, 2.05) is 30.5 Å². The third-order valence-corrected chi connectivity index (χ3v) is 3.08. The van der Waals surface area contributed by atoms with Crippen LogP contribution >= 0.6 is 15.9 Å². The summed E-state index contributed by atoms with van der Waals surface area (Å²) in [5.74, 6) is 0. The molecule has 0 aliphatic rings. The van der Waals surface area contributed by atoms with Crippen molar-refractivity contribution in [2.75, 3.05) is 0 Å². The van der Waals surface area contributed by atoms with Crippen LogP contribution in [0.5, 0.6) is 0 Å². The highest BCUT2D eigenvalue weighted by Gasteiger charge is 2.04. The van der Waals surface area contributed by atoms with E-state index in [-0.39, 0.29) is 5.56 Å². The molecular weight excluding hydrogens is 254 g/mol. The Kier molecular flexibility index (Phi) is 2.91. The normalized spacial score (nSPS) is 10.8. The summed E-state index contributed by atoms with van der Waals surface area (Å²) in [6.45, 7) is 2.84. The van der Waals surface area contributed by atoms with Gasteiger partial charge in [-0.3, -0.25) is 4.79 Å². The summed E-state index contributed by atoms with van der Waals surface area (Å²) in [4.78, 5) is 12.1. The van der Waals surface area contributed by atoms with Crippen LogP contribution in [0.25, 0.3) is 10.8 Å². The Bertz CT molecular complexity index is 545. The SMILES string of the molecule is CCCn1ccc2cccc(Br)c2c1=O. The van der Waals surface area contributed by atoms with Gasteiger partial charge in [-0.1, -0.05) is 19.1 Å². The minimum atomic E-state index is 0.0850. The van der Waals surface area contributed by atoms with Crippen molar-refractivity contribution < 1.29 is 0 Å². The molecule has 15 heavy (non-hydrogen) atoms. The standard InChI is InChI=1S/C12H12BrNO/c1-2-7-14-8-6-9-4-3-5-10(13)11(9)12(14)15/h3-6,8H,2,7H2,1H3. The fourth-order valence-electron chi connectivity index (χ4n) is 1.70. The van der Waals surface area contributed by atoms with E-state index < -0.39 is 0 Å². The zero-order chi connectivity index (χ0) is 10.8. The quantitative estimate of drug-likeness (QED) is 0.818. The lowest BCUT2D eigenvalue weighted by atomic mass is 10.2. The largest absolute Gasteiger partial charge is 0.315 e. The number of pyridine rings is 1. The third-order valence-electron chi connectivity index (χ3n) is 2.42. The van der Waals surface area contributed by atoms with Gasteiger partial charge < -0.3 is 4.57 Å². The molecule has 0 atom stereocenters. The first-order chi connectivity index (χ1) is 7.24. The van der Waals surface area contributed by atoms with Crippen LogP contribution in [0.1, 0.15) is 13.3 Å². The lowest BCUT2D eigenvalue weighted by Crippen LogP contribution is -2.19. The van der Waals surface area contributed by atoms with E-state index in [2.05, 4.69) is 22.9 Å². The molecule has 0 fully saturated rings. The fraction of sp³-hybridized carbons (Fsp3) is 0.250. The molecule has 0 radical (unpaired) electrons. The second-order valence-corrected chi connectivity index (χ2v) is 4.37. The van der Waals surface area contributed by atoms with Crippen molar-refractivity contribution in [3.8, 4) is 0 Å². The van der Waals surface area contributed by atoms with Gasteiger partial charge in [0.25, 0.3) is 5.56 Å². The van der Waals surface area contributed by atoms with Crippen LogP contribution in [-0.4, -0.2) is 4.57 Å². The van der Waals surface area contributed by atoms with E-state index >= 15 is 0 Å². The predicted molar refractivity (Wildman–Crippen MR) is 66.2 cm³/mol. The van der Waals surface area contributed by atoms with Crippen LogP contribution in [0, 0.1) is 0 Å². The molecule has 1 heterocycles. The molecule has 0 aliphatic heterocycles. The lowest BCUT2D eigenvalue weighted by Gasteiger charge is -2.06. The molecule has 0 unspecified atom stereocenters. The van der Waals surface area contributed by atoms with E-state index in [0.29, 0.717) is 0 Å². The summed E-state index contributed by atoms with van der Waals surface area (Å²) in [7, 11) is 0. The molecule has 0 spiro atoms. The molecule has 3 heteroatoms. The number of benzene rings is 1. The van der Waals surface area contributed by atoms with Gasteiger partial charge in [0.15, 0.2) is 0 Å². The van der Waals surface area contributed by atoms with Gasteiger partial charge in [0, 0.05) is 17.2 Å². The maximum atomic E-state index is 12.1. The number of rotatable bonds is 2. The topological polar surface area (TPSA) is 22.0 Å². The van der Waals surface area contributed by atoms with Gasteiger partial charge in [0.1, 0.15) is 0 Å². The second-order valence-electron chi connectivity index (χ2n) is 3.52. The van der Waals surface area contributed by atoms with E-state index in [4.69, 9.17) is 0 Å². The first-order valence-corrected chi connectivity index (χ1v) is 5.81. The molecule has 78 valence electrons. The Morgan fingerprint density at radius 1 is 1.33 bits per heavy atom. The lowest BCUT2D eigenvalue weighted by molar-refractivity contribution is 0.659. The summed E-state index contributed by atoms with van der Waals surface area (Å²) in [5.41, 5.74) is 0.0850.